The third-order valence-electron chi connectivity index (χ3n) is 1.36. The molecule has 10 heavy (non-hydrogen) atoms. The van der Waals surface area contributed by atoms with Crippen LogP contribution >= 0.6 is 0 Å². The van der Waals surface area contributed by atoms with E-state index in [9.17, 15) is 0 Å². The zero-order valence-electron chi connectivity index (χ0n) is 5.76. The number of nitrogens with two attached hydrogens (primary N) is 2. The van der Waals surface area contributed by atoms with Crippen LogP contribution in [0.15, 0.2) is 0 Å². The Morgan fingerprint density at radius 3 is 2.50 bits per heavy atom. The Morgan fingerprint density at radius 1 is 1.40 bits per heavy atom. The fourth-order valence-corrected chi connectivity index (χ4v) is 0.797. The van der Waals surface area contributed by atoms with Crippen molar-refractivity contribution in [2.24, 2.45) is 11.5 Å². The fraction of sp³-hybridized carbons (Fsp3) is 0.167. The summed E-state index contributed by atoms with van der Waals surface area (Å²) in [7, 11) is 0. The Labute approximate surface area is 58.2 Å². The molecule has 4 nitrogen and oxygen atoms in total. The molecule has 0 radical (unpaired) electrons. The monoisotopic (exact) mass is 138 g/mol. The number of nitrogens with zero attached hydrogens (tertiary/aromatic N) is 1. The molecule has 1 heterocycles. The third-order valence-corrected chi connectivity index (χ3v) is 1.36. The van der Waals surface area contributed by atoms with Crippen molar-refractivity contribution in [2.45, 2.75) is 6.92 Å². The standard InChI is InChI=1S/C6H10N4/c1-4-5(2-7)6(3-8)10-9-4/h2-3,10H,7-8H2,1H3/b5-2-,6-3+. The van der Waals surface area contributed by atoms with Crippen LogP contribution in [0.5, 0.6) is 0 Å². The number of rotatable bonds is 0. The van der Waals surface area contributed by atoms with Crippen LogP contribution in [0.25, 0.3) is 12.4 Å². The minimum absolute atomic E-state index is 0.764. The van der Waals surface area contributed by atoms with Crippen molar-refractivity contribution < 1.29 is 0 Å². The van der Waals surface area contributed by atoms with E-state index in [4.69, 9.17) is 11.5 Å². The van der Waals surface area contributed by atoms with Crippen LogP contribution in [-0.4, -0.2) is 10.2 Å². The molecule has 0 aliphatic rings. The van der Waals surface area contributed by atoms with Crippen molar-refractivity contribution in [3.05, 3.63) is 16.3 Å². The summed E-state index contributed by atoms with van der Waals surface area (Å²) in [6, 6.07) is 0. The third kappa shape index (κ3) is 0.834. The summed E-state index contributed by atoms with van der Waals surface area (Å²) in [6.07, 6.45) is 2.93. The molecule has 0 saturated carbocycles. The van der Waals surface area contributed by atoms with Gasteiger partial charge in [0.05, 0.1) is 11.0 Å². The first-order valence-corrected chi connectivity index (χ1v) is 2.94. The van der Waals surface area contributed by atoms with Gasteiger partial charge in [0.2, 0.25) is 0 Å². The Balaban J connectivity index is 3.59. The van der Waals surface area contributed by atoms with E-state index in [2.05, 4.69) is 10.2 Å². The largest absolute Gasteiger partial charge is 0.404 e. The van der Waals surface area contributed by atoms with Crippen LogP contribution < -0.4 is 22.0 Å². The molecular weight excluding hydrogens is 128 g/mol. The molecule has 0 fully saturated rings. The Morgan fingerprint density at radius 2 is 2.10 bits per heavy atom. The predicted molar refractivity (Wildman–Crippen MR) is 39.9 cm³/mol. The zero-order valence-corrected chi connectivity index (χ0v) is 5.76. The second kappa shape index (κ2) is 2.43. The van der Waals surface area contributed by atoms with Gasteiger partial charge in [-0.1, -0.05) is 0 Å². The van der Waals surface area contributed by atoms with E-state index in [-0.39, 0.29) is 0 Å². The van der Waals surface area contributed by atoms with E-state index in [0.29, 0.717) is 0 Å². The van der Waals surface area contributed by atoms with Crippen LogP contribution in [0.2, 0.25) is 0 Å². The molecule has 1 aromatic heterocycles. The highest BCUT2D eigenvalue weighted by molar-refractivity contribution is 5.25. The van der Waals surface area contributed by atoms with Crippen LogP contribution in [0.1, 0.15) is 5.69 Å². The van der Waals surface area contributed by atoms with E-state index >= 15 is 0 Å². The maximum Gasteiger partial charge on any atom is 0.0822 e. The molecule has 1 rings (SSSR count). The lowest BCUT2D eigenvalue weighted by atomic mass is 10.3. The summed E-state index contributed by atoms with van der Waals surface area (Å²) in [5.41, 5.74) is 11.4. The molecule has 4 heteroatoms. The first-order valence-electron chi connectivity index (χ1n) is 2.94. The molecular formula is C6H10N4. The van der Waals surface area contributed by atoms with Crippen molar-refractivity contribution in [1.29, 1.82) is 0 Å². The van der Waals surface area contributed by atoms with E-state index in [1.807, 2.05) is 6.92 Å². The molecule has 0 saturated heterocycles. The SMILES string of the molecule is Cc1n[nH]c(=C/N)/c1=C\N. The van der Waals surface area contributed by atoms with Gasteiger partial charge >= 0.3 is 0 Å². The summed E-state index contributed by atoms with van der Waals surface area (Å²) in [6.45, 7) is 1.86. The summed E-state index contributed by atoms with van der Waals surface area (Å²) in [4.78, 5) is 0. The summed E-state index contributed by atoms with van der Waals surface area (Å²) in [5, 5.41) is 8.27. The average molecular weight is 138 g/mol. The summed E-state index contributed by atoms with van der Waals surface area (Å²) >= 11 is 0. The number of H-pyrrole nitrogens is 1. The highest BCUT2D eigenvalue weighted by atomic mass is 15.1. The number of hydrogen-bond acceptors (Lipinski definition) is 3. The molecule has 0 amide bonds. The van der Waals surface area contributed by atoms with Gasteiger partial charge in [0.15, 0.2) is 0 Å². The van der Waals surface area contributed by atoms with Gasteiger partial charge in [-0.3, -0.25) is 5.10 Å². The summed E-state index contributed by atoms with van der Waals surface area (Å²) < 4.78 is 0. The van der Waals surface area contributed by atoms with Gasteiger partial charge < -0.3 is 11.5 Å². The van der Waals surface area contributed by atoms with Gasteiger partial charge in [-0.2, -0.15) is 5.10 Å². The quantitative estimate of drug-likeness (QED) is 0.392. The number of aryl methyl sites for hydroxylation is 1. The Hall–Kier alpha value is -1.45. The van der Waals surface area contributed by atoms with Crippen molar-refractivity contribution in [2.75, 3.05) is 0 Å². The van der Waals surface area contributed by atoms with Gasteiger partial charge in [0.25, 0.3) is 0 Å². The highest BCUT2D eigenvalue weighted by Crippen LogP contribution is 1.68. The first kappa shape index (κ1) is 6.67. The topological polar surface area (TPSA) is 80.7 Å². The van der Waals surface area contributed by atoms with Crippen LogP contribution in [0, 0.1) is 6.92 Å². The fourth-order valence-electron chi connectivity index (χ4n) is 0.797. The normalized spacial score (nSPS) is 14.5. The van der Waals surface area contributed by atoms with Crippen molar-refractivity contribution in [1.82, 2.24) is 10.2 Å². The number of aromatic amines is 1. The van der Waals surface area contributed by atoms with Gasteiger partial charge in [-0.05, 0) is 6.92 Å². The van der Waals surface area contributed by atoms with Gasteiger partial charge in [0.1, 0.15) is 0 Å². The second-order valence-electron chi connectivity index (χ2n) is 1.97. The van der Waals surface area contributed by atoms with Gasteiger partial charge in [0, 0.05) is 17.6 Å². The Bertz CT molecular complexity index is 322. The van der Waals surface area contributed by atoms with Crippen molar-refractivity contribution in [3.8, 4) is 0 Å². The number of nitrogens with one attached hydrogen (secondary N) is 1. The van der Waals surface area contributed by atoms with Crippen molar-refractivity contribution in [3.63, 3.8) is 0 Å². The molecule has 0 aliphatic heterocycles. The van der Waals surface area contributed by atoms with E-state index < -0.39 is 0 Å². The lowest BCUT2D eigenvalue weighted by Crippen LogP contribution is -2.26. The second-order valence-corrected chi connectivity index (χ2v) is 1.97. The van der Waals surface area contributed by atoms with E-state index in [1.165, 1.54) is 12.4 Å². The van der Waals surface area contributed by atoms with E-state index in [0.717, 1.165) is 16.3 Å². The molecule has 0 bridgehead atoms. The molecule has 1 aromatic rings. The lowest BCUT2D eigenvalue weighted by molar-refractivity contribution is 1.02. The summed E-state index contributed by atoms with van der Waals surface area (Å²) in [5.74, 6) is 0. The molecule has 0 aliphatic carbocycles. The van der Waals surface area contributed by atoms with Crippen LogP contribution in [0.3, 0.4) is 0 Å². The minimum Gasteiger partial charge on any atom is -0.404 e. The molecule has 54 valence electrons. The van der Waals surface area contributed by atoms with Crippen LogP contribution in [-0.2, 0) is 0 Å². The molecule has 0 unspecified atom stereocenters. The number of hydrogen-bond donors (Lipinski definition) is 3. The van der Waals surface area contributed by atoms with Crippen LogP contribution in [0.4, 0.5) is 0 Å². The molecule has 0 aromatic carbocycles. The predicted octanol–water partition coefficient (Wildman–Crippen LogP) is -1.89. The van der Waals surface area contributed by atoms with Gasteiger partial charge in [-0.15, -0.1) is 0 Å². The average Bonchev–Trinajstić information content (AvgIpc) is 2.30. The van der Waals surface area contributed by atoms with E-state index in [1.54, 1.807) is 0 Å². The smallest absolute Gasteiger partial charge is 0.0822 e. The maximum atomic E-state index is 5.31. The zero-order chi connectivity index (χ0) is 7.56. The first-order chi connectivity index (χ1) is 4.79. The Kier molecular flexibility index (Phi) is 1.62. The molecule has 0 atom stereocenters. The maximum absolute atomic E-state index is 5.31. The lowest BCUT2D eigenvalue weighted by Gasteiger charge is -1.76. The van der Waals surface area contributed by atoms with Gasteiger partial charge in [-0.25, -0.2) is 0 Å². The molecule has 0 spiro atoms. The number of aromatic nitrogens is 2. The van der Waals surface area contributed by atoms with Crippen molar-refractivity contribution >= 4 is 12.4 Å². The minimum atomic E-state index is 0.764. The molecule has 5 N–H and O–H groups in total. The highest BCUT2D eigenvalue weighted by Gasteiger charge is 1.91.